The van der Waals surface area contributed by atoms with Crippen LogP contribution in [0.5, 0.6) is 5.88 Å². The van der Waals surface area contributed by atoms with Gasteiger partial charge >= 0.3 is 0 Å². The van der Waals surface area contributed by atoms with Gasteiger partial charge in [-0.1, -0.05) is 17.7 Å². The molecule has 2 aromatic rings. The molecule has 1 aromatic heterocycles. The van der Waals surface area contributed by atoms with Crippen LogP contribution >= 0.6 is 11.6 Å². The molecule has 0 aliphatic heterocycles. The summed E-state index contributed by atoms with van der Waals surface area (Å²) in [5.41, 5.74) is 0.784. The highest BCUT2D eigenvalue weighted by Gasteiger charge is 2.27. The predicted octanol–water partition coefficient (Wildman–Crippen LogP) is 4.31. The molecular formula is C18H19ClN2O2. The van der Waals surface area contributed by atoms with Gasteiger partial charge < -0.3 is 10.1 Å². The monoisotopic (exact) mass is 330 g/mol. The molecule has 0 saturated heterocycles. The quantitative estimate of drug-likeness (QED) is 0.908. The standard InChI is InChI=1S/C18H19ClN2O2/c19-14-6-8-15(9-7-14)21-18(22)13-4-10-16(11-5-13)23-17-3-1-2-12-20-17/h1-3,6-9,12-13,16H,4-5,10-11H2,(H,21,22)/t13-,16-. The number of aromatic nitrogens is 1. The molecule has 1 aliphatic rings. The van der Waals surface area contributed by atoms with Gasteiger partial charge in [-0.05, 0) is 56.0 Å². The van der Waals surface area contributed by atoms with E-state index in [1.807, 2.05) is 30.3 Å². The van der Waals surface area contributed by atoms with Crippen LogP contribution in [0.2, 0.25) is 5.02 Å². The number of carbonyl (C=O) groups is 1. The van der Waals surface area contributed by atoms with Crippen molar-refractivity contribution >= 4 is 23.2 Å². The van der Waals surface area contributed by atoms with Gasteiger partial charge in [0, 0.05) is 28.9 Å². The minimum absolute atomic E-state index is 0.0364. The second-order valence-corrected chi connectivity index (χ2v) is 6.19. The number of carbonyl (C=O) groups excluding carboxylic acids is 1. The summed E-state index contributed by atoms with van der Waals surface area (Å²) in [4.78, 5) is 16.5. The first-order valence-corrected chi connectivity index (χ1v) is 8.22. The Morgan fingerprint density at radius 3 is 2.48 bits per heavy atom. The highest BCUT2D eigenvalue weighted by atomic mass is 35.5. The van der Waals surface area contributed by atoms with Gasteiger partial charge in [0.15, 0.2) is 0 Å². The predicted molar refractivity (Wildman–Crippen MR) is 90.7 cm³/mol. The Hall–Kier alpha value is -2.07. The van der Waals surface area contributed by atoms with E-state index in [1.54, 1.807) is 18.3 Å². The normalized spacial score (nSPS) is 20.7. The third kappa shape index (κ3) is 4.45. The van der Waals surface area contributed by atoms with Gasteiger partial charge in [0.25, 0.3) is 0 Å². The molecule has 120 valence electrons. The number of benzene rings is 1. The maximum Gasteiger partial charge on any atom is 0.227 e. The second kappa shape index (κ2) is 7.47. The zero-order valence-electron chi connectivity index (χ0n) is 12.7. The number of ether oxygens (including phenoxy) is 1. The van der Waals surface area contributed by atoms with Crippen molar-refractivity contribution in [2.45, 2.75) is 31.8 Å². The highest BCUT2D eigenvalue weighted by Crippen LogP contribution is 2.28. The van der Waals surface area contributed by atoms with Crippen molar-refractivity contribution in [2.24, 2.45) is 5.92 Å². The fraction of sp³-hybridized carbons (Fsp3) is 0.333. The van der Waals surface area contributed by atoms with Crippen LogP contribution < -0.4 is 10.1 Å². The van der Waals surface area contributed by atoms with E-state index in [1.165, 1.54) is 0 Å². The molecule has 1 N–H and O–H groups in total. The van der Waals surface area contributed by atoms with Crippen LogP contribution in [0, 0.1) is 5.92 Å². The van der Waals surface area contributed by atoms with E-state index < -0.39 is 0 Å². The Kier molecular flexibility index (Phi) is 5.13. The maximum atomic E-state index is 12.3. The Morgan fingerprint density at radius 1 is 1.09 bits per heavy atom. The van der Waals surface area contributed by atoms with Gasteiger partial charge in [-0.3, -0.25) is 4.79 Å². The molecule has 3 rings (SSSR count). The van der Waals surface area contributed by atoms with Crippen molar-refractivity contribution < 1.29 is 9.53 Å². The lowest BCUT2D eigenvalue weighted by Gasteiger charge is -2.27. The number of hydrogen-bond donors (Lipinski definition) is 1. The summed E-state index contributed by atoms with van der Waals surface area (Å²) in [6.07, 6.45) is 5.27. The third-order valence-corrected chi connectivity index (χ3v) is 4.33. The Labute approximate surface area is 140 Å². The molecule has 1 amide bonds. The van der Waals surface area contributed by atoms with E-state index in [0.717, 1.165) is 31.4 Å². The number of nitrogens with one attached hydrogen (secondary N) is 1. The average Bonchev–Trinajstić information content (AvgIpc) is 2.58. The van der Waals surface area contributed by atoms with E-state index in [0.29, 0.717) is 10.9 Å². The first-order valence-electron chi connectivity index (χ1n) is 7.85. The molecular weight excluding hydrogens is 312 g/mol. The second-order valence-electron chi connectivity index (χ2n) is 5.76. The van der Waals surface area contributed by atoms with Gasteiger partial charge in [-0.15, -0.1) is 0 Å². The lowest BCUT2D eigenvalue weighted by molar-refractivity contribution is -0.121. The lowest BCUT2D eigenvalue weighted by atomic mass is 9.86. The first-order chi connectivity index (χ1) is 11.2. The summed E-state index contributed by atoms with van der Waals surface area (Å²) in [7, 11) is 0. The Bertz CT molecular complexity index is 638. The van der Waals surface area contributed by atoms with Gasteiger partial charge in [-0.25, -0.2) is 4.98 Å². The van der Waals surface area contributed by atoms with Crippen molar-refractivity contribution in [2.75, 3.05) is 5.32 Å². The number of nitrogens with zero attached hydrogens (tertiary/aromatic N) is 1. The molecule has 1 saturated carbocycles. The molecule has 0 spiro atoms. The molecule has 4 nitrogen and oxygen atoms in total. The van der Waals surface area contributed by atoms with E-state index >= 15 is 0 Å². The summed E-state index contributed by atoms with van der Waals surface area (Å²) in [5.74, 6) is 0.763. The van der Waals surface area contributed by atoms with E-state index in [2.05, 4.69) is 10.3 Å². The molecule has 5 heteroatoms. The van der Waals surface area contributed by atoms with Crippen molar-refractivity contribution in [1.29, 1.82) is 0 Å². The highest BCUT2D eigenvalue weighted by molar-refractivity contribution is 6.30. The number of hydrogen-bond acceptors (Lipinski definition) is 3. The number of halogens is 1. The summed E-state index contributed by atoms with van der Waals surface area (Å²) in [5, 5.41) is 3.61. The van der Waals surface area contributed by atoms with E-state index in [9.17, 15) is 4.79 Å². The molecule has 1 heterocycles. The fourth-order valence-corrected chi connectivity index (χ4v) is 2.93. The molecule has 1 aromatic carbocycles. The van der Waals surface area contributed by atoms with Crippen LogP contribution in [0.15, 0.2) is 48.7 Å². The number of pyridine rings is 1. The van der Waals surface area contributed by atoms with Crippen LogP contribution in [0.25, 0.3) is 0 Å². The minimum atomic E-state index is 0.0364. The van der Waals surface area contributed by atoms with Crippen molar-refractivity contribution in [3.63, 3.8) is 0 Å². The van der Waals surface area contributed by atoms with Gasteiger partial charge in [0.1, 0.15) is 6.10 Å². The van der Waals surface area contributed by atoms with Crippen molar-refractivity contribution in [3.05, 3.63) is 53.7 Å². The van der Waals surface area contributed by atoms with Crippen molar-refractivity contribution in [3.8, 4) is 5.88 Å². The molecule has 0 atom stereocenters. The summed E-state index contributed by atoms with van der Waals surface area (Å²) >= 11 is 5.85. The zero-order valence-corrected chi connectivity index (χ0v) is 13.5. The molecule has 0 radical (unpaired) electrons. The fourth-order valence-electron chi connectivity index (χ4n) is 2.81. The Morgan fingerprint density at radius 2 is 1.83 bits per heavy atom. The third-order valence-electron chi connectivity index (χ3n) is 4.08. The summed E-state index contributed by atoms with van der Waals surface area (Å²) in [6.45, 7) is 0. The van der Waals surface area contributed by atoms with E-state index in [4.69, 9.17) is 16.3 Å². The SMILES string of the molecule is O=C(Nc1ccc(Cl)cc1)[C@H]1CC[C@H](Oc2ccccn2)CC1. The summed E-state index contributed by atoms with van der Waals surface area (Å²) < 4.78 is 5.86. The smallest absolute Gasteiger partial charge is 0.227 e. The van der Waals surface area contributed by atoms with Gasteiger partial charge in [0.05, 0.1) is 0 Å². The molecule has 0 unspecified atom stereocenters. The maximum absolute atomic E-state index is 12.3. The number of rotatable bonds is 4. The van der Waals surface area contributed by atoms with Crippen LogP contribution in [-0.2, 0) is 4.79 Å². The average molecular weight is 331 g/mol. The number of amides is 1. The van der Waals surface area contributed by atoms with Crippen LogP contribution in [0.3, 0.4) is 0 Å². The topological polar surface area (TPSA) is 51.2 Å². The zero-order chi connectivity index (χ0) is 16.1. The van der Waals surface area contributed by atoms with E-state index in [-0.39, 0.29) is 17.9 Å². The van der Waals surface area contributed by atoms with Crippen LogP contribution in [0.1, 0.15) is 25.7 Å². The minimum Gasteiger partial charge on any atom is -0.474 e. The molecule has 1 aliphatic carbocycles. The van der Waals surface area contributed by atoms with Gasteiger partial charge in [0.2, 0.25) is 11.8 Å². The molecule has 23 heavy (non-hydrogen) atoms. The molecule has 1 fully saturated rings. The number of anilines is 1. The largest absolute Gasteiger partial charge is 0.474 e. The van der Waals surface area contributed by atoms with Crippen molar-refractivity contribution in [1.82, 2.24) is 4.98 Å². The van der Waals surface area contributed by atoms with Crippen LogP contribution in [0.4, 0.5) is 5.69 Å². The van der Waals surface area contributed by atoms with Gasteiger partial charge in [-0.2, -0.15) is 0 Å². The van der Waals surface area contributed by atoms with Crippen LogP contribution in [-0.4, -0.2) is 17.0 Å². The Balaban J connectivity index is 1.48. The summed E-state index contributed by atoms with van der Waals surface area (Å²) in [6, 6.07) is 12.8. The first kappa shape index (κ1) is 15.8. The lowest BCUT2D eigenvalue weighted by Crippen LogP contribution is -2.31. The molecule has 0 bridgehead atoms.